The van der Waals surface area contributed by atoms with Gasteiger partial charge in [0.05, 0.1) is 0 Å². The van der Waals surface area contributed by atoms with E-state index in [2.05, 4.69) is 15.2 Å². The Bertz CT molecular complexity index is 1210. The Morgan fingerprint density at radius 2 is 1.68 bits per heavy atom. The van der Waals surface area contributed by atoms with Crippen LogP contribution in [-0.4, -0.2) is 58.8 Å². The predicted octanol–water partition coefficient (Wildman–Crippen LogP) is 3.91. The largest absolute Gasteiger partial charge is 0.480 e. The Balaban J connectivity index is 1.50. The first-order chi connectivity index (χ1) is 16.2. The summed E-state index contributed by atoms with van der Waals surface area (Å²) in [6, 6.07) is 12.3. The van der Waals surface area contributed by atoms with Gasteiger partial charge in [0.2, 0.25) is 5.91 Å². The highest BCUT2D eigenvalue weighted by molar-refractivity contribution is 5.96. The molecule has 4 rings (SSSR count). The number of aliphatic carboxylic acids is 1. The second kappa shape index (κ2) is 9.69. The molecule has 0 unspecified atom stereocenters. The highest BCUT2D eigenvalue weighted by Crippen LogP contribution is 2.31. The minimum Gasteiger partial charge on any atom is -0.480 e. The molecule has 1 aliphatic heterocycles. The van der Waals surface area contributed by atoms with Gasteiger partial charge in [0.1, 0.15) is 6.04 Å². The van der Waals surface area contributed by atoms with E-state index in [1.54, 1.807) is 13.1 Å². The maximum absolute atomic E-state index is 12.3. The number of hydrogen-bond acceptors (Lipinski definition) is 5. The van der Waals surface area contributed by atoms with E-state index in [1.807, 2.05) is 61.2 Å². The molecule has 2 aromatic carbocycles. The molecule has 2 heterocycles. The molecule has 178 valence electrons. The number of carboxylic acids is 1. The number of benzene rings is 2. The number of H-pyrrole nitrogens is 1. The lowest BCUT2D eigenvalue weighted by Crippen LogP contribution is -2.49. The molecule has 1 saturated heterocycles. The Hall–Kier alpha value is -3.65. The minimum absolute atomic E-state index is 0.0359. The van der Waals surface area contributed by atoms with Crippen molar-refractivity contribution in [1.29, 1.82) is 0 Å². The molecule has 0 radical (unpaired) electrons. The summed E-state index contributed by atoms with van der Waals surface area (Å²) in [6.45, 7) is 7.79. The lowest BCUT2D eigenvalue weighted by molar-refractivity contribution is -0.143. The molecule has 0 bridgehead atoms. The minimum atomic E-state index is -0.891. The van der Waals surface area contributed by atoms with E-state index in [4.69, 9.17) is 0 Å². The summed E-state index contributed by atoms with van der Waals surface area (Å²) in [5.41, 5.74) is 3.88. The summed E-state index contributed by atoms with van der Waals surface area (Å²) in [6.07, 6.45) is 1.75. The Labute approximate surface area is 198 Å². The fourth-order valence-corrected chi connectivity index (χ4v) is 4.37. The molecular formula is C26H30N4O4. The number of nitrogens with zero attached hydrogens (tertiary/aromatic N) is 2. The molecule has 34 heavy (non-hydrogen) atoms. The van der Waals surface area contributed by atoms with E-state index in [0.29, 0.717) is 43.0 Å². The number of ketones is 1. The first-order valence-corrected chi connectivity index (χ1v) is 11.5. The molecule has 1 amide bonds. The lowest BCUT2D eigenvalue weighted by atomic mass is 10.0. The van der Waals surface area contributed by atoms with E-state index in [-0.39, 0.29) is 17.6 Å². The Morgan fingerprint density at radius 1 is 1.00 bits per heavy atom. The fourth-order valence-electron chi connectivity index (χ4n) is 4.37. The predicted molar refractivity (Wildman–Crippen MR) is 132 cm³/mol. The van der Waals surface area contributed by atoms with Crippen molar-refractivity contribution >= 4 is 39.9 Å². The van der Waals surface area contributed by atoms with E-state index in [9.17, 15) is 19.5 Å². The second-order valence-corrected chi connectivity index (χ2v) is 9.02. The van der Waals surface area contributed by atoms with Crippen LogP contribution in [-0.2, 0) is 9.59 Å². The van der Waals surface area contributed by atoms with Crippen LogP contribution in [0.2, 0.25) is 0 Å². The third kappa shape index (κ3) is 4.82. The second-order valence-electron chi connectivity index (χ2n) is 9.02. The van der Waals surface area contributed by atoms with Crippen molar-refractivity contribution in [3.63, 3.8) is 0 Å². The van der Waals surface area contributed by atoms with Crippen molar-refractivity contribution in [2.75, 3.05) is 36.4 Å². The quantitative estimate of drug-likeness (QED) is 0.460. The average Bonchev–Trinajstić information content (AvgIpc) is 3.22. The van der Waals surface area contributed by atoms with Crippen molar-refractivity contribution < 1.29 is 19.5 Å². The molecular weight excluding hydrogens is 432 g/mol. The van der Waals surface area contributed by atoms with Crippen LogP contribution in [0.1, 0.15) is 42.7 Å². The van der Waals surface area contributed by atoms with Crippen molar-refractivity contribution in [3.8, 4) is 0 Å². The highest BCUT2D eigenvalue weighted by Gasteiger charge is 2.32. The number of rotatable bonds is 7. The molecule has 0 aliphatic carbocycles. The van der Waals surface area contributed by atoms with Gasteiger partial charge in [-0.3, -0.25) is 19.3 Å². The number of amides is 1. The molecule has 1 atom stereocenters. The topological polar surface area (TPSA) is 106 Å². The van der Waals surface area contributed by atoms with Gasteiger partial charge in [-0.15, -0.1) is 0 Å². The van der Waals surface area contributed by atoms with Gasteiger partial charge in [-0.1, -0.05) is 19.9 Å². The molecule has 1 aromatic heterocycles. The number of piperazine rings is 1. The third-order valence-electron chi connectivity index (χ3n) is 6.35. The third-order valence-corrected chi connectivity index (χ3v) is 6.35. The van der Waals surface area contributed by atoms with Crippen molar-refractivity contribution in [3.05, 3.63) is 59.8 Å². The first-order valence-electron chi connectivity index (χ1n) is 11.5. The van der Waals surface area contributed by atoms with Gasteiger partial charge in [0.25, 0.3) is 0 Å². The van der Waals surface area contributed by atoms with Crippen molar-refractivity contribution in [2.24, 2.45) is 5.92 Å². The zero-order valence-corrected chi connectivity index (χ0v) is 19.7. The van der Waals surface area contributed by atoms with Gasteiger partial charge in [-0.25, -0.2) is 0 Å². The number of anilines is 2. The number of hydrogen-bond donors (Lipinski definition) is 3. The number of Topliss-reactive ketones (excluding diaryl/α,β-unsaturated/α-hetero) is 1. The van der Waals surface area contributed by atoms with Crippen LogP contribution in [0, 0.1) is 5.92 Å². The molecule has 3 aromatic rings. The maximum Gasteiger partial charge on any atom is 0.325 e. The molecule has 3 N–H and O–H groups in total. The number of carbonyl (C=O) groups excluding carboxylic acids is 2. The maximum atomic E-state index is 12.3. The molecule has 1 fully saturated rings. The zero-order valence-electron chi connectivity index (χ0n) is 19.7. The summed E-state index contributed by atoms with van der Waals surface area (Å²) >= 11 is 0. The van der Waals surface area contributed by atoms with Crippen LogP contribution >= 0.6 is 0 Å². The van der Waals surface area contributed by atoms with Gasteiger partial charge in [-0.05, 0) is 43.3 Å². The molecule has 0 saturated carbocycles. The monoisotopic (exact) mass is 462 g/mol. The smallest absolute Gasteiger partial charge is 0.325 e. The summed E-state index contributed by atoms with van der Waals surface area (Å²) in [4.78, 5) is 43.2. The van der Waals surface area contributed by atoms with Crippen molar-refractivity contribution in [2.45, 2.75) is 26.8 Å². The van der Waals surface area contributed by atoms with Gasteiger partial charge in [0.15, 0.2) is 5.78 Å². The van der Waals surface area contributed by atoms with Gasteiger partial charge >= 0.3 is 5.97 Å². The van der Waals surface area contributed by atoms with Crippen LogP contribution in [0.5, 0.6) is 0 Å². The number of fused-ring (bicyclic) bond motifs is 1. The summed E-state index contributed by atoms with van der Waals surface area (Å²) in [7, 11) is 0. The van der Waals surface area contributed by atoms with Crippen molar-refractivity contribution in [1.82, 2.24) is 9.88 Å². The number of aromatic amines is 1. The Morgan fingerprint density at radius 3 is 2.26 bits per heavy atom. The van der Waals surface area contributed by atoms with E-state index >= 15 is 0 Å². The van der Waals surface area contributed by atoms with Crippen LogP contribution in [0.15, 0.2) is 48.7 Å². The molecule has 0 spiro atoms. The van der Waals surface area contributed by atoms with Gasteiger partial charge in [0, 0.05) is 71.7 Å². The average molecular weight is 463 g/mol. The number of aromatic nitrogens is 1. The summed E-state index contributed by atoms with van der Waals surface area (Å²) in [5, 5.41) is 13.8. The Kier molecular flexibility index (Phi) is 6.70. The normalized spacial score (nSPS) is 15.5. The summed E-state index contributed by atoms with van der Waals surface area (Å²) in [5.74, 6) is -1.05. The highest BCUT2D eigenvalue weighted by atomic mass is 16.4. The number of carboxylic acid groups (broad SMARTS) is 1. The molecule has 8 heteroatoms. The summed E-state index contributed by atoms with van der Waals surface area (Å²) < 4.78 is 0. The van der Waals surface area contributed by atoms with Crippen LogP contribution in [0.4, 0.5) is 11.4 Å². The molecule has 1 aliphatic rings. The van der Waals surface area contributed by atoms with Gasteiger partial charge in [-0.2, -0.15) is 0 Å². The van der Waals surface area contributed by atoms with Gasteiger partial charge < -0.3 is 20.3 Å². The van der Waals surface area contributed by atoms with Crippen LogP contribution in [0.25, 0.3) is 10.9 Å². The SMILES string of the molecule is CC(=O)c1ccc(N2CCN([C@@H](C(=O)O)c3c[nH]c4cc(NC(=O)C(C)C)ccc34)CC2)cc1. The van der Waals surface area contributed by atoms with E-state index in [0.717, 1.165) is 16.6 Å². The first kappa shape index (κ1) is 23.5. The van der Waals surface area contributed by atoms with Crippen LogP contribution in [0.3, 0.4) is 0 Å². The van der Waals surface area contributed by atoms with E-state index < -0.39 is 12.0 Å². The molecule has 8 nitrogen and oxygen atoms in total. The standard InChI is InChI=1S/C26H30N4O4/c1-16(2)25(32)28-19-6-9-21-22(15-27-23(21)14-19)24(26(33)34)30-12-10-29(11-13-30)20-7-4-18(5-8-20)17(3)31/h4-9,14-16,24,27H,10-13H2,1-3H3,(H,28,32)(H,33,34)/t24-/m1/s1. The number of nitrogens with one attached hydrogen (secondary N) is 2. The van der Waals surface area contributed by atoms with Crippen LogP contribution < -0.4 is 10.2 Å². The van der Waals surface area contributed by atoms with E-state index in [1.165, 1.54) is 0 Å². The lowest BCUT2D eigenvalue weighted by Gasteiger charge is -2.38. The fraction of sp³-hybridized carbons (Fsp3) is 0.346. The number of carbonyl (C=O) groups is 3. The zero-order chi connectivity index (χ0) is 24.4.